The highest BCUT2D eigenvalue weighted by atomic mass is 16.5. The lowest BCUT2D eigenvalue weighted by Gasteiger charge is -2.37. The van der Waals surface area contributed by atoms with Gasteiger partial charge in [0.2, 0.25) is 5.91 Å². The Morgan fingerprint density at radius 2 is 1.41 bits per heavy atom. The van der Waals surface area contributed by atoms with Crippen LogP contribution in [0.4, 0.5) is 11.4 Å². The van der Waals surface area contributed by atoms with Gasteiger partial charge in [0, 0.05) is 13.0 Å². The summed E-state index contributed by atoms with van der Waals surface area (Å²) in [5, 5.41) is 0. The summed E-state index contributed by atoms with van der Waals surface area (Å²) in [6.45, 7) is 0. The van der Waals surface area contributed by atoms with Crippen LogP contribution >= 0.6 is 0 Å². The number of carbonyl (C=O) groups is 1. The quantitative estimate of drug-likeness (QED) is 0.729. The molecule has 2 aromatic rings. The largest absolute Gasteiger partial charge is 0.381 e. The lowest BCUT2D eigenvalue weighted by atomic mass is 9.76. The van der Waals surface area contributed by atoms with Crippen molar-refractivity contribution in [2.75, 3.05) is 12.0 Å². The van der Waals surface area contributed by atoms with Crippen LogP contribution in [0.3, 0.4) is 0 Å². The fourth-order valence-electron chi connectivity index (χ4n) is 5.43. The molecule has 0 N–H and O–H groups in total. The normalized spacial score (nSPS) is 28.4. The van der Waals surface area contributed by atoms with Crippen LogP contribution in [0.2, 0.25) is 0 Å². The summed E-state index contributed by atoms with van der Waals surface area (Å²) in [7, 11) is 1.80. The van der Waals surface area contributed by atoms with Gasteiger partial charge in [-0.2, -0.15) is 0 Å². The van der Waals surface area contributed by atoms with E-state index in [2.05, 4.69) is 36.4 Å². The summed E-state index contributed by atoms with van der Waals surface area (Å²) in [6.07, 6.45) is 8.89. The van der Waals surface area contributed by atoms with Gasteiger partial charge in [-0.3, -0.25) is 9.69 Å². The number of methoxy groups -OCH3 is 1. The Morgan fingerprint density at radius 3 is 1.93 bits per heavy atom. The average molecular weight is 359 g/mol. The maximum Gasteiger partial charge on any atom is 0.235 e. The second-order valence-electron chi connectivity index (χ2n) is 8.08. The SMILES string of the molecule is COC1C[C@@H]2CC[C@@H](C1)C2C(=O)N1c2ccccc2C=Cc2ccccc21. The number of hydrogen-bond donors (Lipinski definition) is 0. The fourth-order valence-corrected chi connectivity index (χ4v) is 5.43. The molecule has 2 atom stereocenters. The van der Waals surface area contributed by atoms with Gasteiger partial charge in [0.25, 0.3) is 0 Å². The molecule has 1 aliphatic heterocycles. The van der Waals surface area contributed by atoms with Gasteiger partial charge in [0.1, 0.15) is 0 Å². The number of hydrogen-bond acceptors (Lipinski definition) is 2. The van der Waals surface area contributed by atoms with E-state index in [1.54, 1.807) is 7.11 Å². The van der Waals surface area contributed by atoms with E-state index in [1.165, 1.54) is 0 Å². The van der Waals surface area contributed by atoms with Crippen molar-refractivity contribution in [3.8, 4) is 0 Å². The van der Waals surface area contributed by atoms with Gasteiger partial charge in [-0.05, 0) is 60.8 Å². The van der Waals surface area contributed by atoms with Crippen molar-refractivity contribution in [2.45, 2.75) is 31.8 Å². The molecule has 3 nitrogen and oxygen atoms in total. The monoisotopic (exact) mass is 359 g/mol. The molecule has 0 radical (unpaired) electrons. The van der Waals surface area contributed by atoms with Crippen molar-refractivity contribution in [1.29, 1.82) is 0 Å². The zero-order valence-corrected chi connectivity index (χ0v) is 15.7. The minimum atomic E-state index is 0.107. The first-order valence-corrected chi connectivity index (χ1v) is 9.99. The van der Waals surface area contributed by atoms with Crippen molar-refractivity contribution in [3.05, 3.63) is 59.7 Å². The van der Waals surface area contributed by atoms with E-state index in [1.807, 2.05) is 29.2 Å². The van der Waals surface area contributed by atoms with Crippen LogP contribution in [0.25, 0.3) is 12.2 Å². The fraction of sp³-hybridized carbons (Fsp3) is 0.375. The van der Waals surface area contributed by atoms with Gasteiger partial charge in [-0.1, -0.05) is 48.6 Å². The van der Waals surface area contributed by atoms with E-state index >= 15 is 0 Å². The molecule has 1 heterocycles. The molecule has 3 aliphatic rings. The minimum absolute atomic E-state index is 0.107. The maximum atomic E-state index is 13.9. The molecule has 2 aliphatic carbocycles. The highest BCUT2D eigenvalue weighted by Gasteiger charge is 2.48. The minimum Gasteiger partial charge on any atom is -0.381 e. The Bertz CT molecular complexity index is 839. The molecule has 27 heavy (non-hydrogen) atoms. The highest BCUT2D eigenvalue weighted by Crippen LogP contribution is 2.50. The Morgan fingerprint density at radius 1 is 0.889 bits per heavy atom. The van der Waals surface area contributed by atoms with Gasteiger partial charge in [-0.25, -0.2) is 0 Å². The smallest absolute Gasteiger partial charge is 0.235 e. The molecule has 2 fully saturated rings. The molecule has 0 unspecified atom stereocenters. The van der Waals surface area contributed by atoms with Crippen molar-refractivity contribution >= 4 is 29.4 Å². The van der Waals surface area contributed by atoms with Gasteiger partial charge in [-0.15, -0.1) is 0 Å². The zero-order chi connectivity index (χ0) is 18.4. The van der Waals surface area contributed by atoms with Crippen LogP contribution in [-0.4, -0.2) is 19.1 Å². The second kappa shape index (κ2) is 6.65. The van der Waals surface area contributed by atoms with Gasteiger partial charge < -0.3 is 4.74 Å². The summed E-state index contributed by atoms with van der Waals surface area (Å²) in [4.78, 5) is 15.9. The number of nitrogens with zero attached hydrogens (tertiary/aromatic N) is 1. The number of ether oxygens (including phenoxy) is 1. The van der Waals surface area contributed by atoms with Crippen LogP contribution in [0.15, 0.2) is 48.5 Å². The summed E-state index contributed by atoms with van der Waals surface area (Å²) in [6, 6.07) is 16.5. The first-order chi connectivity index (χ1) is 13.3. The average Bonchev–Trinajstić information content (AvgIpc) is 2.89. The lowest BCUT2D eigenvalue weighted by Crippen LogP contribution is -2.42. The molecule has 2 bridgehead atoms. The Labute approximate surface area is 160 Å². The number of fused-ring (bicyclic) bond motifs is 4. The van der Waals surface area contributed by atoms with E-state index in [9.17, 15) is 4.79 Å². The molecule has 0 saturated heterocycles. The number of amides is 1. The van der Waals surface area contributed by atoms with E-state index < -0.39 is 0 Å². The van der Waals surface area contributed by atoms with Crippen molar-refractivity contribution in [3.63, 3.8) is 0 Å². The van der Waals surface area contributed by atoms with Crippen LogP contribution in [0, 0.1) is 17.8 Å². The van der Waals surface area contributed by atoms with Gasteiger partial charge >= 0.3 is 0 Å². The first-order valence-electron chi connectivity index (χ1n) is 9.99. The molecule has 0 aromatic heterocycles. The molecule has 3 heteroatoms. The van der Waals surface area contributed by atoms with Crippen LogP contribution in [0.5, 0.6) is 0 Å². The van der Waals surface area contributed by atoms with E-state index in [0.717, 1.165) is 48.2 Å². The number of rotatable bonds is 2. The van der Waals surface area contributed by atoms with Gasteiger partial charge in [0.05, 0.1) is 17.5 Å². The zero-order valence-electron chi connectivity index (χ0n) is 15.7. The van der Waals surface area contributed by atoms with Crippen molar-refractivity contribution < 1.29 is 9.53 Å². The molecule has 2 saturated carbocycles. The molecular weight excluding hydrogens is 334 g/mol. The predicted molar refractivity (Wildman–Crippen MR) is 109 cm³/mol. The summed E-state index contributed by atoms with van der Waals surface area (Å²) in [5.74, 6) is 1.25. The van der Waals surface area contributed by atoms with Crippen LogP contribution in [-0.2, 0) is 9.53 Å². The standard InChI is InChI=1S/C24H25NO2/c1-27-20-14-18-12-13-19(15-20)23(18)24(26)25-21-8-4-2-6-16(21)10-11-17-7-3-5-9-22(17)25/h2-11,18-20,23H,12-15H2,1H3/t18-,19-,20?,23?/m0/s1. The van der Waals surface area contributed by atoms with E-state index in [4.69, 9.17) is 4.74 Å². The Hall–Kier alpha value is -2.39. The molecule has 1 amide bonds. The van der Waals surface area contributed by atoms with Crippen molar-refractivity contribution in [2.24, 2.45) is 17.8 Å². The predicted octanol–water partition coefficient (Wildman–Crippen LogP) is 5.29. The van der Waals surface area contributed by atoms with Crippen LogP contribution in [0.1, 0.15) is 36.8 Å². The van der Waals surface area contributed by atoms with E-state index in [0.29, 0.717) is 17.9 Å². The Kier molecular flexibility index (Phi) is 4.13. The molecular formula is C24H25NO2. The number of anilines is 2. The topological polar surface area (TPSA) is 29.5 Å². The molecule has 5 rings (SSSR count). The second-order valence-corrected chi connectivity index (χ2v) is 8.08. The van der Waals surface area contributed by atoms with Crippen LogP contribution < -0.4 is 4.90 Å². The highest BCUT2D eigenvalue weighted by molar-refractivity contribution is 6.07. The summed E-state index contributed by atoms with van der Waals surface area (Å²) < 4.78 is 5.64. The van der Waals surface area contributed by atoms with E-state index in [-0.39, 0.29) is 11.8 Å². The summed E-state index contributed by atoms with van der Waals surface area (Å²) >= 11 is 0. The third-order valence-electron chi connectivity index (χ3n) is 6.69. The third kappa shape index (κ3) is 2.72. The number of carbonyl (C=O) groups excluding carboxylic acids is 1. The van der Waals surface area contributed by atoms with Crippen molar-refractivity contribution in [1.82, 2.24) is 0 Å². The lowest BCUT2D eigenvalue weighted by molar-refractivity contribution is -0.126. The summed E-state index contributed by atoms with van der Waals surface area (Å²) in [5.41, 5.74) is 4.19. The first kappa shape index (κ1) is 16.8. The maximum absolute atomic E-state index is 13.9. The Balaban J connectivity index is 1.58. The molecule has 2 aromatic carbocycles. The van der Waals surface area contributed by atoms with Gasteiger partial charge in [0.15, 0.2) is 0 Å². The molecule has 0 spiro atoms. The molecule has 138 valence electrons. The number of benzene rings is 2. The third-order valence-corrected chi connectivity index (χ3v) is 6.69. The number of para-hydroxylation sites is 2.